The molecule has 1 heterocycles. The molecule has 1 aromatic carbocycles. The summed E-state index contributed by atoms with van der Waals surface area (Å²) in [4.78, 5) is 16.5. The molecule has 2 aromatic rings. The summed E-state index contributed by atoms with van der Waals surface area (Å²) in [5, 5.41) is 3.91. The fraction of sp³-hybridized carbons (Fsp3) is 0.385. The Balaban J connectivity index is 2.22. The quantitative estimate of drug-likeness (QED) is 0.903. The van der Waals surface area contributed by atoms with Gasteiger partial charge in [0.05, 0.1) is 22.2 Å². The fourth-order valence-electron chi connectivity index (χ4n) is 1.49. The first-order chi connectivity index (χ1) is 8.03. The highest BCUT2D eigenvalue weighted by Gasteiger charge is 2.25. The number of ketones is 1. The molecular formula is C13H16N2OS. The van der Waals surface area contributed by atoms with Crippen LogP contribution in [0, 0.1) is 0 Å². The van der Waals surface area contributed by atoms with E-state index in [4.69, 9.17) is 0 Å². The second kappa shape index (κ2) is 4.55. The van der Waals surface area contributed by atoms with Gasteiger partial charge in [-0.15, -0.1) is 11.3 Å². The van der Waals surface area contributed by atoms with Gasteiger partial charge in [-0.3, -0.25) is 4.79 Å². The Hall–Kier alpha value is -1.26. The van der Waals surface area contributed by atoms with Crippen molar-refractivity contribution in [1.82, 2.24) is 10.3 Å². The highest BCUT2D eigenvalue weighted by Crippen LogP contribution is 2.22. The Morgan fingerprint density at radius 2 is 2.12 bits per heavy atom. The van der Waals surface area contributed by atoms with Crippen LogP contribution in [0.1, 0.15) is 18.9 Å². The van der Waals surface area contributed by atoms with Crippen LogP contribution in [0.25, 0.3) is 10.2 Å². The van der Waals surface area contributed by atoms with E-state index < -0.39 is 5.54 Å². The molecule has 0 saturated heterocycles. The maximum atomic E-state index is 12.0. The number of aromatic nitrogens is 1. The first kappa shape index (κ1) is 12.2. The molecule has 0 aliphatic carbocycles. The molecule has 0 fully saturated rings. The van der Waals surface area contributed by atoms with Crippen LogP contribution in [0.2, 0.25) is 0 Å². The van der Waals surface area contributed by atoms with E-state index in [9.17, 15) is 4.79 Å². The lowest BCUT2D eigenvalue weighted by Crippen LogP contribution is -2.45. The number of fused-ring (bicyclic) bond motifs is 1. The SMILES string of the molecule is CNC(C)(C)C(=O)Cc1nc2ccccc2s1. The standard InChI is InChI=1S/C13H16N2OS/c1-13(2,14-3)11(16)8-12-15-9-6-4-5-7-10(9)17-12/h4-7,14H,8H2,1-3H3. The Morgan fingerprint density at radius 3 is 2.76 bits per heavy atom. The predicted octanol–water partition coefficient (Wildman–Crippen LogP) is 2.41. The van der Waals surface area contributed by atoms with Crippen LogP contribution in [-0.4, -0.2) is 23.4 Å². The third kappa shape index (κ3) is 2.53. The summed E-state index contributed by atoms with van der Waals surface area (Å²) in [6, 6.07) is 7.96. The Kier molecular flexibility index (Phi) is 3.26. The predicted molar refractivity (Wildman–Crippen MR) is 71.5 cm³/mol. The fourth-order valence-corrected chi connectivity index (χ4v) is 2.46. The van der Waals surface area contributed by atoms with E-state index in [1.807, 2.05) is 38.1 Å². The van der Waals surface area contributed by atoms with Crippen molar-refractivity contribution in [3.63, 3.8) is 0 Å². The molecule has 0 aliphatic rings. The van der Waals surface area contributed by atoms with E-state index in [0.29, 0.717) is 6.42 Å². The third-order valence-corrected chi connectivity index (χ3v) is 4.01. The van der Waals surface area contributed by atoms with Crippen LogP contribution in [0.5, 0.6) is 0 Å². The average molecular weight is 248 g/mol. The smallest absolute Gasteiger partial charge is 0.159 e. The van der Waals surface area contributed by atoms with E-state index in [1.54, 1.807) is 18.4 Å². The summed E-state index contributed by atoms with van der Waals surface area (Å²) in [5.41, 5.74) is 0.486. The minimum absolute atomic E-state index is 0.166. The lowest BCUT2D eigenvalue weighted by molar-refractivity contribution is -0.123. The largest absolute Gasteiger partial charge is 0.308 e. The summed E-state index contributed by atoms with van der Waals surface area (Å²) in [6.07, 6.45) is 0.396. The molecule has 3 nitrogen and oxygen atoms in total. The molecule has 0 saturated carbocycles. The number of nitrogens with one attached hydrogen (secondary N) is 1. The molecule has 17 heavy (non-hydrogen) atoms. The number of benzene rings is 1. The molecule has 90 valence electrons. The number of nitrogens with zero attached hydrogens (tertiary/aromatic N) is 1. The van der Waals surface area contributed by atoms with E-state index in [2.05, 4.69) is 10.3 Å². The second-order valence-corrected chi connectivity index (χ2v) is 5.67. The first-order valence-electron chi connectivity index (χ1n) is 5.59. The summed E-state index contributed by atoms with van der Waals surface area (Å²) in [5.74, 6) is 0.166. The highest BCUT2D eigenvalue weighted by molar-refractivity contribution is 7.18. The van der Waals surface area contributed by atoms with Gasteiger partial charge in [-0.25, -0.2) is 4.98 Å². The van der Waals surface area contributed by atoms with Gasteiger partial charge in [-0.2, -0.15) is 0 Å². The van der Waals surface area contributed by atoms with E-state index in [1.165, 1.54) is 0 Å². The summed E-state index contributed by atoms with van der Waals surface area (Å²) in [7, 11) is 1.80. The Morgan fingerprint density at radius 1 is 1.41 bits per heavy atom. The lowest BCUT2D eigenvalue weighted by Gasteiger charge is -2.21. The number of hydrogen-bond donors (Lipinski definition) is 1. The number of thiazole rings is 1. The van der Waals surface area contributed by atoms with Crippen LogP contribution in [-0.2, 0) is 11.2 Å². The monoisotopic (exact) mass is 248 g/mol. The van der Waals surface area contributed by atoms with Gasteiger partial charge in [0, 0.05) is 0 Å². The Bertz CT molecular complexity index is 512. The van der Waals surface area contributed by atoms with Gasteiger partial charge in [0.25, 0.3) is 0 Å². The topological polar surface area (TPSA) is 42.0 Å². The van der Waals surface area contributed by atoms with Crippen LogP contribution in [0.3, 0.4) is 0 Å². The molecule has 0 spiro atoms. The molecule has 0 aliphatic heterocycles. The van der Waals surface area contributed by atoms with Crippen LogP contribution in [0.4, 0.5) is 0 Å². The van der Waals surface area contributed by atoms with E-state index in [-0.39, 0.29) is 5.78 Å². The number of rotatable bonds is 4. The van der Waals surface area contributed by atoms with E-state index >= 15 is 0 Å². The van der Waals surface area contributed by atoms with Crippen LogP contribution < -0.4 is 5.32 Å². The molecule has 0 amide bonds. The number of para-hydroxylation sites is 1. The summed E-state index contributed by atoms with van der Waals surface area (Å²) in [6.45, 7) is 3.78. The summed E-state index contributed by atoms with van der Waals surface area (Å²) < 4.78 is 1.14. The molecule has 0 radical (unpaired) electrons. The van der Waals surface area contributed by atoms with Gasteiger partial charge in [0.1, 0.15) is 5.01 Å². The molecule has 1 aromatic heterocycles. The molecule has 1 N–H and O–H groups in total. The van der Waals surface area contributed by atoms with Gasteiger partial charge in [0.15, 0.2) is 5.78 Å². The molecule has 0 atom stereocenters. The van der Waals surface area contributed by atoms with Crippen molar-refractivity contribution in [2.24, 2.45) is 0 Å². The third-order valence-electron chi connectivity index (χ3n) is 2.97. The van der Waals surface area contributed by atoms with Gasteiger partial charge in [0.2, 0.25) is 0 Å². The van der Waals surface area contributed by atoms with Crippen LogP contribution in [0.15, 0.2) is 24.3 Å². The average Bonchev–Trinajstić information content (AvgIpc) is 2.70. The van der Waals surface area contributed by atoms with Crippen molar-refractivity contribution in [1.29, 1.82) is 0 Å². The van der Waals surface area contributed by atoms with Gasteiger partial charge < -0.3 is 5.32 Å². The second-order valence-electron chi connectivity index (χ2n) is 4.55. The number of Topliss-reactive ketones (excluding diaryl/α,β-unsaturated/α-hetero) is 1. The number of hydrogen-bond acceptors (Lipinski definition) is 4. The number of carbonyl (C=O) groups is 1. The lowest BCUT2D eigenvalue weighted by atomic mass is 9.97. The van der Waals surface area contributed by atoms with Crippen molar-refractivity contribution >= 4 is 27.3 Å². The van der Waals surface area contributed by atoms with Gasteiger partial charge in [-0.1, -0.05) is 12.1 Å². The van der Waals surface area contributed by atoms with E-state index in [0.717, 1.165) is 15.2 Å². The van der Waals surface area contributed by atoms with Gasteiger partial charge >= 0.3 is 0 Å². The molecule has 0 bridgehead atoms. The van der Waals surface area contributed by atoms with Crippen molar-refractivity contribution in [3.05, 3.63) is 29.3 Å². The number of carbonyl (C=O) groups excluding carboxylic acids is 1. The van der Waals surface area contributed by atoms with Crippen molar-refractivity contribution in [2.45, 2.75) is 25.8 Å². The molecule has 0 unspecified atom stereocenters. The minimum Gasteiger partial charge on any atom is -0.308 e. The van der Waals surface area contributed by atoms with Crippen molar-refractivity contribution < 1.29 is 4.79 Å². The highest BCUT2D eigenvalue weighted by atomic mass is 32.1. The molecule has 4 heteroatoms. The molecular weight excluding hydrogens is 232 g/mol. The zero-order valence-corrected chi connectivity index (χ0v) is 11.1. The van der Waals surface area contributed by atoms with Crippen molar-refractivity contribution in [2.75, 3.05) is 7.05 Å². The van der Waals surface area contributed by atoms with Crippen LogP contribution >= 0.6 is 11.3 Å². The Labute approximate surface area is 105 Å². The van der Waals surface area contributed by atoms with Gasteiger partial charge in [-0.05, 0) is 33.0 Å². The maximum Gasteiger partial charge on any atom is 0.159 e. The zero-order chi connectivity index (χ0) is 12.5. The van der Waals surface area contributed by atoms with Crippen molar-refractivity contribution in [3.8, 4) is 0 Å². The number of likely N-dealkylation sites (N-methyl/N-ethyl adjacent to an activating group) is 1. The maximum absolute atomic E-state index is 12.0. The normalized spacial score (nSPS) is 11.9. The summed E-state index contributed by atoms with van der Waals surface area (Å²) >= 11 is 1.59. The first-order valence-corrected chi connectivity index (χ1v) is 6.41. The zero-order valence-electron chi connectivity index (χ0n) is 10.3. The minimum atomic E-state index is -0.488. The molecule has 2 rings (SSSR count).